The van der Waals surface area contributed by atoms with Crippen molar-refractivity contribution in [3.63, 3.8) is 0 Å². The van der Waals surface area contributed by atoms with E-state index in [1.807, 2.05) is 0 Å². The van der Waals surface area contributed by atoms with E-state index in [-0.39, 0.29) is 0 Å². The van der Waals surface area contributed by atoms with Crippen LogP contribution < -0.4 is 0 Å². The molecule has 41 heavy (non-hydrogen) atoms. The third kappa shape index (κ3) is 3.12. The molecule has 0 amide bonds. The summed E-state index contributed by atoms with van der Waals surface area (Å²) in [4.78, 5) is 0. The summed E-state index contributed by atoms with van der Waals surface area (Å²) in [6.07, 6.45) is 0. The highest BCUT2D eigenvalue weighted by Crippen LogP contribution is 2.50. The van der Waals surface area contributed by atoms with E-state index in [1.54, 1.807) is 0 Å². The highest BCUT2D eigenvalue weighted by molar-refractivity contribution is 6.21. The highest BCUT2D eigenvalue weighted by atomic mass is 15.0. The summed E-state index contributed by atoms with van der Waals surface area (Å²) < 4.78 is 2.40. The number of fused-ring (bicyclic) bond motifs is 6. The maximum absolute atomic E-state index is 2.40. The standard InChI is InChI=1S/C40H25N/c1-2-12-26(13-3-1)41-37-22-9-8-18-36(37)40-34(21-11-23-38(40)41)28-15-5-4-14-27(28)31-24-25-35-30-17-7-6-16-29(30)32-19-10-20-33(31)39(32)35/h1-25H. The highest BCUT2D eigenvalue weighted by Gasteiger charge is 2.23. The first-order chi connectivity index (χ1) is 20.4. The van der Waals surface area contributed by atoms with Crippen LogP contribution >= 0.6 is 0 Å². The Labute approximate surface area is 238 Å². The van der Waals surface area contributed by atoms with Crippen LogP contribution in [0.4, 0.5) is 0 Å². The second-order valence-electron chi connectivity index (χ2n) is 10.9. The second-order valence-corrected chi connectivity index (χ2v) is 10.9. The first kappa shape index (κ1) is 22.4. The first-order valence-electron chi connectivity index (χ1n) is 14.2. The second kappa shape index (κ2) is 8.55. The number of rotatable bonds is 3. The summed E-state index contributed by atoms with van der Waals surface area (Å²) in [6, 6.07) is 55.4. The van der Waals surface area contributed by atoms with E-state index in [0.29, 0.717) is 0 Å². The van der Waals surface area contributed by atoms with Crippen molar-refractivity contribution in [1.82, 2.24) is 4.57 Å². The minimum atomic E-state index is 1.18. The normalized spacial score (nSPS) is 11.9. The lowest BCUT2D eigenvalue weighted by atomic mass is 9.88. The van der Waals surface area contributed by atoms with Crippen LogP contribution in [-0.4, -0.2) is 4.57 Å². The van der Waals surface area contributed by atoms with Gasteiger partial charge in [-0.3, -0.25) is 0 Å². The van der Waals surface area contributed by atoms with Crippen LogP contribution in [0.5, 0.6) is 0 Å². The van der Waals surface area contributed by atoms with Crippen molar-refractivity contribution in [3.8, 4) is 50.2 Å². The maximum Gasteiger partial charge on any atom is 0.0547 e. The van der Waals surface area contributed by atoms with Crippen LogP contribution in [0.2, 0.25) is 0 Å². The smallest absolute Gasteiger partial charge is 0.0547 e. The van der Waals surface area contributed by atoms with Crippen LogP contribution in [0.1, 0.15) is 0 Å². The quantitative estimate of drug-likeness (QED) is 0.219. The zero-order chi connectivity index (χ0) is 26.9. The number of aromatic nitrogens is 1. The van der Waals surface area contributed by atoms with Crippen LogP contribution in [-0.2, 0) is 0 Å². The number of hydrogen-bond acceptors (Lipinski definition) is 0. The van der Waals surface area contributed by atoms with Gasteiger partial charge in [-0.1, -0.05) is 127 Å². The van der Waals surface area contributed by atoms with E-state index in [2.05, 4.69) is 156 Å². The number of hydrogen-bond donors (Lipinski definition) is 0. The molecular formula is C40H25N. The van der Waals surface area contributed by atoms with Gasteiger partial charge in [0, 0.05) is 16.5 Å². The van der Waals surface area contributed by atoms with Crippen molar-refractivity contribution < 1.29 is 0 Å². The summed E-state index contributed by atoms with van der Waals surface area (Å²) >= 11 is 0. The van der Waals surface area contributed by atoms with Gasteiger partial charge in [-0.15, -0.1) is 0 Å². The van der Waals surface area contributed by atoms with E-state index in [4.69, 9.17) is 0 Å². The molecule has 0 atom stereocenters. The van der Waals surface area contributed by atoms with Crippen LogP contribution in [0, 0.1) is 0 Å². The van der Waals surface area contributed by atoms with Crippen molar-refractivity contribution in [2.24, 2.45) is 0 Å². The van der Waals surface area contributed by atoms with Gasteiger partial charge in [0.2, 0.25) is 0 Å². The fourth-order valence-corrected chi connectivity index (χ4v) is 7.10. The molecule has 0 saturated heterocycles. The Morgan fingerprint density at radius 3 is 1.46 bits per heavy atom. The molecule has 0 saturated carbocycles. The minimum absolute atomic E-state index is 1.18. The average Bonchev–Trinajstić information content (AvgIpc) is 3.56. The molecule has 9 rings (SSSR count). The Kier molecular flexibility index (Phi) is 4.67. The van der Waals surface area contributed by atoms with Gasteiger partial charge >= 0.3 is 0 Å². The summed E-state index contributed by atoms with van der Waals surface area (Å²) in [6.45, 7) is 0. The molecule has 1 heteroatoms. The molecule has 8 aromatic rings. The molecule has 1 aliphatic carbocycles. The van der Waals surface area contributed by atoms with Gasteiger partial charge < -0.3 is 4.57 Å². The molecule has 0 radical (unpaired) electrons. The summed E-state index contributed by atoms with van der Waals surface area (Å²) in [5, 5.41) is 5.23. The van der Waals surface area contributed by atoms with Gasteiger partial charge in [0.05, 0.1) is 11.0 Å². The van der Waals surface area contributed by atoms with Gasteiger partial charge in [0.25, 0.3) is 0 Å². The molecule has 0 fully saturated rings. The van der Waals surface area contributed by atoms with Gasteiger partial charge in [-0.25, -0.2) is 0 Å². The molecule has 0 N–H and O–H groups in total. The number of benzene rings is 7. The maximum atomic E-state index is 2.40. The van der Waals surface area contributed by atoms with E-state index < -0.39 is 0 Å². The van der Waals surface area contributed by atoms with Crippen molar-refractivity contribution >= 4 is 32.6 Å². The summed E-state index contributed by atoms with van der Waals surface area (Å²) in [5.41, 5.74) is 14.0. The minimum Gasteiger partial charge on any atom is -0.309 e. The Hall–Kier alpha value is -5.40. The van der Waals surface area contributed by atoms with Gasteiger partial charge in [-0.2, -0.15) is 0 Å². The Balaban J connectivity index is 1.34. The first-order valence-corrected chi connectivity index (χ1v) is 14.2. The molecular weight excluding hydrogens is 494 g/mol. The van der Waals surface area contributed by atoms with E-state index >= 15 is 0 Å². The van der Waals surface area contributed by atoms with E-state index in [9.17, 15) is 0 Å². The molecule has 0 unspecified atom stereocenters. The zero-order valence-electron chi connectivity index (χ0n) is 22.4. The molecule has 0 spiro atoms. The Bertz CT molecular complexity index is 2270. The average molecular weight is 520 g/mol. The SMILES string of the molecule is c1ccc(-n2c3ccccc3c3c(-c4ccccc4-c4ccc5c6c(cccc46)-c4ccccc4-5)cccc32)cc1. The van der Waals surface area contributed by atoms with Crippen LogP contribution in [0.15, 0.2) is 152 Å². The van der Waals surface area contributed by atoms with Crippen molar-refractivity contribution in [2.75, 3.05) is 0 Å². The van der Waals surface area contributed by atoms with E-state index in [1.165, 1.54) is 82.8 Å². The third-order valence-corrected chi connectivity index (χ3v) is 8.77. The summed E-state index contributed by atoms with van der Waals surface area (Å²) in [7, 11) is 0. The number of nitrogens with zero attached hydrogens (tertiary/aromatic N) is 1. The lowest BCUT2D eigenvalue weighted by molar-refractivity contribution is 1.18. The number of para-hydroxylation sites is 2. The molecule has 0 bridgehead atoms. The van der Waals surface area contributed by atoms with Crippen molar-refractivity contribution in [3.05, 3.63) is 152 Å². The fourth-order valence-electron chi connectivity index (χ4n) is 7.10. The van der Waals surface area contributed by atoms with Gasteiger partial charge in [0.1, 0.15) is 0 Å². The summed E-state index contributed by atoms with van der Waals surface area (Å²) in [5.74, 6) is 0. The molecule has 1 aromatic heterocycles. The zero-order valence-corrected chi connectivity index (χ0v) is 22.4. The van der Waals surface area contributed by atoms with Crippen molar-refractivity contribution in [2.45, 2.75) is 0 Å². The lowest BCUT2D eigenvalue weighted by Crippen LogP contribution is -1.93. The predicted molar refractivity (Wildman–Crippen MR) is 174 cm³/mol. The van der Waals surface area contributed by atoms with Crippen LogP contribution in [0.3, 0.4) is 0 Å². The molecule has 190 valence electrons. The monoisotopic (exact) mass is 519 g/mol. The predicted octanol–water partition coefficient (Wildman–Crippen LogP) is 10.9. The van der Waals surface area contributed by atoms with Crippen LogP contribution in [0.25, 0.3) is 82.8 Å². The van der Waals surface area contributed by atoms with Crippen molar-refractivity contribution in [1.29, 1.82) is 0 Å². The fraction of sp³-hybridized carbons (Fsp3) is 0. The van der Waals surface area contributed by atoms with Gasteiger partial charge in [-0.05, 0) is 79.5 Å². The molecule has 0 aliphatic heterocycles. The molecule has 7 aromatic carbocycles. The Morgan fingerprint density at radius 2 is 0.732 bits per heavy atom. The topological polar surface area (TPSA) is 4.93 Å². The van der Waals surface area contributed by atoms with E-state index in [0.717, 1.165) is 0 Å². The third-order valence-electron chi connectivity index (χ3n) is 8.77. The molecule has 1 aliphatic rings. The largest absolute Gasteiger partial charge is 0.309 e. The Morgan fingerprint density at radius 1 is 0.268 bits per heavy atom. The lowest BCUT2D eigenvalue weighted by Gasteiger charge is -2.15. The van der Waals surface area contributed by atoms with Gasteiger partial charge in [0.15, 0.2) is 0 Å². The molecule has 1 heterocycles. The molecule has 1 nitrogen and oxygen atoms in total.